The van der Waals surface area contributed by atoms with Crippen LogP contribution in [0.25, 0.3) is 0 Å². The lowest BCUT2D eigenvalue weighted by Gasteiger charge is -2.28. The van der Waals surface area contributed by atoms with Gasteiger partial charge in [-0.25, -0.2) is 0 Å². The highest BCUT2D eigenvalue weighted by molar-refractivity contribution is 4.73. The lowest BCUT2D eigenvalue weighted by molar-refractivity contribution is 0.0381. The minimum atomic E-state index is 0.620. The van der Waals surface area contributed by atoms with Crippen molar-refractivity contribution in [3.05, 3.63) is 0 Å². The van der Waals surface area contributed by atoms with Gasteiger partial charge in [-0.3, -0.25) is 4.90 Å². The molecule has 2 aliphatic rings. The summed E-state index contributed by atoms with van der Waals surface area (Å²) in [4.78, 5) is 5.06. The molecule has 0 bridgehead atoms. The maximum atomic E-state index is 5.35. The van der Waals surface area contributed by atoms with Gasteiger partial charge >= 0.3 is 0 Å². The Morgan fingerprint density at radius 2 is 1.76 bits per heavy atom. The van der Waals surface area contributed by atoms with Crippen LogP contribution in [0.4, 0.5) is 0 Å². The standard InChI is InChI=1S/C13H27N3O/c1-13(12-16-5-2-3-6-16)14-4-7-15-8-10-17-11-9-15/h13-14H,2-12H2,1H3. The molecular formula is C13H27N3O. The highest BCUT2D eigenvalue weighted by Gasteiger charge is 2.14. The number of hydrogen-bond acceptors (Lipinski definition) is 4. The Balaban J connectivity index is 1.51. The summed E-state index contributed by atoms with van der Waals surface area (Å²) in [6, 6.07) is 0.620. The van der Waals surface area contributed by atoms with Crippen LogP contribution in [-0.4, -0.2) is 74.9 Å². The fourth-order valence-electron chi connectivity index (χ4n) is 2.71. The highest BCUT2D eigenvalue weighted by Crippen LogP contribution is 2.07. The normalized spacial score (nSPS) is 25.2. The third-order valence-corrected chi connectivity index (χ3v) is 3.76. The molecule has 0 amide bonds. The van der Waals surface area contributed by atoms with Gasteiger partial charge < -0.3 is 15.0 Å². The van der Waals surface area contributed by atoms with E-state index in [0.717, 1.165) is 39.4 Å². The molecule has 1 N–H and O–H groups in total. The summed E-state index contributed by atoms with van der Waals surface area (Å²) >= 11 is 0. The van der Waals surface area contributed by atoms with Crippen molar-refractivity contribution >= 4 is 0 Å². The molecule has 0 spiro atoms. The molecule has 2 heterocycles. The van der Waals surface area contributed by atoms with Crippen LogP contribution >= 0.6 is 0 Å². The fraction of sp³-hybridized carbons (Fsp3) is 1.00. The lowest BCUT2D eigenvalue weighted by atomic mass is 10.3. The number of nitrogens with one attached hydrogen (secondary N) is 1. The quantitative estimate of drug-likeness (QED) is 0.728. The van der Waals surface area contributed by atoms with Gasteiger partial charge in [-0.05, 0) is 32.9 Å². The average Bonchev–Trinajstić information content (AvgIpc) is 2.83. The number of nitrogens with zero attached hydrogens (tertiary/aromatic N) is 2. The third-order valence-electron chi connectivity index (χ3n) is 3.76. The van der Waals surface area contributed by atoms with Crippen LogP contribution in [0.15, 0.2) is 0 Å². The maximum Gasteiger partial charge on any atom is 0.0594 e. The molecule has 2 rings (SSSR count). The summed E-state index contributed by atoms with van der Waals surface area (Å²) in [6.45, 7) is 12.4. The van der Waals surface area contributed by atoms with Crippen molar-refractivity contribution in [1.82, 2.24) is 15.1 Å². The molecule has 2 aliphatic heterocycles. The molecule has 0 aliphatic carbocycles. The van der Waals surface area contributed by atoms with Crippen LogP contribution in [0.3, 0.4) is 0 Å². The molecule has 1 atom stereocenters. The van der Waals surface area contributed by atoms with Gasteiger partial charge in [0.15, 0.2) is 0 Å². The zero-order valence-corrected chi connectivity index (χ0v) is 11.2. The fourth-order valence-corrected chi connectivity index (χ4v) is 2.71. The smallest absolute Gasteiger partial charge is 0.0594 e. The minimum Gasteiger partial charge on any atom is -0.379 e. The maximum absolute atomic E-state index is 5.35. The van der Waals surface area contributed by atoms with Gasteiger partial charge in [0.25, 0.3) is 0 Å². The Hall–Kier alpha value is -0.160. The summed E-state index contributed by atoms with van der Waals surface area (Å²) in [6.07, 6.45) is 2.78. The molecular weight excluding hydrogens is 214 g/mol. The largest absolute Gasteiger partial charge is 0.379 e. The predicted octanol–water partition coefficient (Wildman–Crippen LogP) is 0.393. The number of ether oxygens (including phenoxy) is 1. The molecule has 0 radical (unpaired) electrons. The van der Waals surface area contributed by atoms with Crippen molar-refractivity contribution in [1.29, 1.82) is 0 Å². The van der Waals surface area contributed by atoms with Crippen molar-refractivity contribution in [2.75, 3.05) is 59.0 Å². The van der Waals surface area contributed by atoms with E-state index in [1.54, 1.807) is 0 Å². The first-order valence-corrected chi connectivity index (χ1v) is 7.10. The van der Waals surface area contributed by atoms with Gasteiger partial charge in [-0.15, -0.1) is 0 Å². The van der Waals surface area contributed by atoms with Crippen molar-refractivity contribution < 1.29 is 4.74 Å². The zero-order chi connectivity index (χ0) is 11.9. The van der Waals surface area contributed by atoms with Crippen LogP contribution in [0, 0.1) is 0 Å². The molecule has 0 aromatic carbocycles. The molecule has 100 valence electrons. The van der Waals surface area contributed by atoms with Crippen LogP contribution in [0.2, 0.25) is 0 Å². The van der Waals surface area contributed by atoms with E-state index in [1.807, 2.05) is 0 Å². The van der Waals surface area contributed by atoms with E-state index in [9.17, 15) is 0 Å². The Labute approximate surface area is 105 Å². The SMILES string of the molecule is CC(CN1CCCC1)NCCN1CCOCC1. The first-order valence-electron chi connectivity index (χ1n) is 7.10. The van der Waals surface area contributed by atoms with Crippen LogP contribution < -0.4 is 5.32 Å². The molecule has 2 fully saturated rings. The van der Waals surface area contributed by atoms with Crippen LogP contribution in [-0.2, 0) is 4.74 Å². The summed E-state index contributed by atoms with van der Waals surface area (Å²) in [5.74, 6) is 0. The summed E-state index contributed by atoms with van der Waals surface area (Å²) in [5, 5.41) is 3.63. The van der Waals surface area contributed by atoms with Gasteiger partial charge in [0.1, 0.15) is 0 Å². The van der Waals surface area contributed by atoms with Crippen molar-refractivity contribution in [2.24, 2.45) is 0 Å². The summed E-state index contributed by atoms with van der Waals surface area (Å²) in [7, 11) is 0. The van der Waals surface area contributed by atoms with Gasteiger partial charge in [-0.2, -0.15) is 0 Å². The molecule has 4 nitrogen and oxygen atoms in total. The number of morpholine rings is 1. The molecule has 2 saturated heterocycles. The van der Waals surface area contributed by atoms with Crippen molar-refractivity contribution in [3.63, 3.8) is 0 Å². The van der Waals surface area contributed by atoms with E-state index in [1.165, 1.54) is 32.5 Å². The zero-order valence-electron chi connectivity index (χ0n) is 11.2. The number of rotatable bonds is 6. The van der Waals surface area contributed by atoms with E-state index < -0.39 is 0 Å². The van der Waals surface area contributed by atoms with Crippen molar-refractivity contribution in [2.45, 2.75) is 25.8 Å². The van der Waals surface area contributed by atoms with E-state index in [2.05, 4.69) is 22.0 Å². The van der Waals surface area contributed by atoms with Crippen LogP contribution in [0.5, 0.6) is 0 Å². The van der Waals surface area contributed by atoms with E-state index in [4.69, 9.17) is 4.74 Å². The third kappa shape index (κ3) is 4.92. The first kappa shape index (κ1) is 13.3. The molecule has 17 heavy (non-hydrogen) atoms. The molecule has 4 heteroatoms. The van der Waals surface area contributed by atoms with E-state index in [-0.39, 0.29) is 0 Å². The summed E-state index contributed by atoms with van der Waals surface area (Å²) in [5.41, 5.74) is 0. The van der Waals surface area contributed by atoms with Gasteiger partial charge in [-0.1, -0.05) is 0 Å². The Morgan fingerprint density at radius 3 is 2.47 bits per heavy atom. The Morgan fingerprint density at radius 1 is 1.06 bits per heavy atom. The second-order valence-corrected chi connectivity index (χ2v) is 5.32. The predicted molar refractivity (Wildman–Crippen MR) is 70.4 cm³/mol. The Bertz CT molecular complexity index is 201. The van der Waals surface area contributed by atoms with E-state index >= 15 is 0 Å². The van der Waals surface area contributed by atoms with Gasteiger partial charge in [0.05, 0.1) is 13.2 Å². The first-order chi connectivity index (χ1) is 8.34. The molecule has 0 aromatic heterocycles. The topological polar surface area (TPSA) is 27.7 Å². The second kappa shape index (κ2) is 7.31. The molecule has 0 aromatic rings. The van der Waals surface area contributed by atoms with Gasteiger partial charge in [0.2, 0.25) is 0 Å². The summed E-state index contributed by atoms with van der Waals surface area (Å²) < 4.78 is 5.35. The minimum absolute atomic E-state index is 0.620. The monoisotopic (exact) mass is 241 g/mol. The lowest BCUT2D eigenvalue weighted by Crippen LogP contribution is -2.44. The molecule has 1 unspecified atom stereocenters. The number of likely N-dealkylation sites (tertiary alicyclic amines) is 1. The van der Waals surface area contributed by atoms with Gasteiger partial charge in [0, 0.05) is 38.8 Å². The highest BCUT2D eigenvalue weighted by atomic mass is 16.5. The second-order valence-electron chi connectivity index (χ2n) is 5.32. The molecule has 0 saturated carbocycles. The average molecular weight is 241 g/mol. The van der Waals surface area contributed by atoms with E-state index in [0.29, 0.717) is 6.04 Å². The Kier molecular flexibility index (Phi) is 5.71. The van der Waals surface area contributed by atoms with Crippen molar-refractivity contribution in [3.8, 4) is 0 Å². The van der Waals surface area contributed by atoms with Crippen LogP contribution in [0.1, 0.15) is 19.8 Å². The number of hydrogen-bond donors (Lipinski definition) is 1.